The molecule has 1 aliphatic heterocycles. The van der Waals surface area contributed by atoms with Crippen molar-refractivity contribution in [2.75, 3.05) is 10.8 Å². The van der Waals surface area contributed by atoms with Crippen molar-refractivity contribution >= 4 is 61.5 Å². The van der Waals surface area contributed by atoms with Crippen molar-refractivity contribution in [1.29, 1.82) is 0 Å². The molecule has 1 heterocycles. The topological polar surface area (TPSA) is 86.8 Å². The number of hydrogen-bond donors (Lipinski definition) is 1. The molecule has 0 saturated carbocycles. The lowest BCUT2D eigenvalue weighted by atomic mass is 10.1. The van der Waals surface area contributed by atoms with Gasteiger partial charge in [-0.05, 0) is 69.3 Å². The molecule has 7 nitrogen and oxygen atoms in total. The normalized spacial score (nSPS) is 14.9. The van der Waals surface area contributed by atoms with Crippen LogP contribution in [-0.4, -0.2) is 43.3 Å². The fraction of sp³-hybridized carbons (Fsp3) is 0.357. The summed E-state index contributed by atoms with van der Waals surface area (Å²) in [6.45, 7) is 7.53. The van der Waals surface area contributed by atoms with Crippen molar-refractivity contribution in [2.24, 2.45) is 0 Å². The van der Waals surface area contributed by atoms with Gasteiger partial charge >= 0.3 is 0 Å². The first-order chi connectivity index (χ1) is 17.8. The maximum atomic E-state index is 13.5. The van der Waals surface area contributed by atoms with Crippen molar-refractivity contribution in [3.8, 4) is 0 Å². The average Bonchev–Trinajstić information content (AvgIpc) is 3.05. The number of carbonyl (C=O) groups is 2. The van der Waals surface area contributed by atoms with Gasteiger partial charge < -0.3 is 10.2 Å². The molecule has 0 unspecified atom stereocenters. The lowest BCUT2D eigenvalue weighted by Crippen LogP contribution is -2.52. The third-order valence-corrected chi connectivity index (χ3v) is 8.90. The second kappa shape index (κ2) is 10.8. The Balaban J connectivity index is 1.52. The maximum Gasteiger partial charge on any atom is 0.265 e. The van der Waals surface area contributed by atoms with E-state index in [1.165, 1.54) is 9.21 Å². The highest BCUT2D eigenvalue weighted by Gasteiger charge is 2.35. The Labute approximate surface area is 233 Å². The minimum absolute atomic E-state index is 0.0523. The number of anilines is 1. The molecular formula is C28H31Cl2N3O4S. The van der Waals surface area contributed by atoms with Crippen molar-refractivity contribution in [3.05, 3.63) is 70.2 Å². The van der Waals surface area contributed by atoms with Crippen LogP contribution in [0.3, 0.4) is 0 Å². The monoisotopic (exact) mass is 575 g/mol. The smallest absolute Gasteiger partial charge is 0.265 e. The first-order valence-electron chi connectivity index (χ1n) is 12.4. The first-order valence-corrected chi connectivity index (χ1v) is 14.6. The van der Waals surface area contributed by atoms with Gasteiger partial charge in [-0.3, -0.25) is 13.9 Å². The van der Waals surface area contributed by atoms with Gasteiger partial charge in [0.2, 0.25) is 11.8 Å². The highest BCUT2D eigenvalue weighted by molar-refractivity contribution is 7.93. The number of nitrogens with one attached hydrogen (secondary N) is 1. The summed E-state index contributed by atoms with van der Waals surface area (Å²) in [5.74, 6) is -0.569. The number of sulfonamides is 1. The zero-order chi connectivity index (χ0) is 27.8. The van der Waals surface area contributed by atoms with Gasteiger partial charge in [0.25, 0.3) is 10.0 Å². The Kier molecular flexibility index (Phi) is 7.98. The summed E-state index contributed by atoms with van der Waals surface area (Å²) in [4.78, 5) is 28.2. The van der Waals surface area contributed by atoms with E-state index in [0.717, 1.165) is 5.39 Å². The minimum Gasteiger partial charge on any atom is -0.350 e. The third-order valence-electron chi connectivity index (χ3n) is 6.45. The number of benzene rings is 3. The number of halogens is 2. The number of nitrogens with zero attached hydrogens (tertiary/aromatic N) is 2. The molecule has 0 saturated heterocycles. The van der Waals surface area contributed by atoms with Crippen LogP contribution in [0, 0.1) is 0 Å². The zero-order valence-electron chi connectivity index (χ0n) is 21.8. The molecule has 3 aromatic rings. The predicted molar refractivity (Wildman–Crippen MR) is 152 cm³/mol. The summed E-state index contributed by atoms with van der Waals surface area (Å²) in [6, 6.07) is 15.0. The highest BCUT2D eigenvalue weighted by Crippen LogP contribution is 2.42. The van der Waals surface area contributed by atoms with Crippen LogP contribution < -0.4 is 9.62 Å². The molecule has 38 heavy (non-hydrogen) atoms. The number of carbonyl (C=O) groups excluding carboxylic acids is 2. The molecule has 0 aromatic heterocycles. The SMILES string of the molecule is C[C@H](C(=O)NC(C)(C)C)N(Cc1ccc(Cl)cc1Cl)C(=O)CCCN1c2cccc3cccc(c23)S1(=O)=O. The van der Waals surface area contributed by atoms with Crippen molar-refractivity contribution in [3.63, 3.8) is 0 Å². The highest BCUT2D eigenvalue weighted by atomic mass is 35.5. The maximum absolute atomic E-state index is 13.5. The van der Waals surface area contributed by atoms with Gasteiger partial charge in [0.15, 0.2) is 0 Å². The Bertz CT molecular complexity index is 1500. The first kappa shape index (κ1) is 28.2. The molecule has 1 atom stereocenters. The van der Waals surface area contributed by atoms with E-state index in [0.29, 0.717) is 26.7 Å². The van der Waals surface area contributed by atoms with Crippen LogP contribution in [0.25, 0.3) is 10.8 Å². The number of hydrogen-bond acceptors (Lipinski definition) is 4. The molecule has 0 spiro atoms. The molecule has 10 heteroatoms. The van der Waals surface area contributed by atoms with Gasteiger partial charge in [0.1, 0.15) is 6.04 Å². The fourth-order valence-corrected chi connectivity index (χ4v) is 6.82. The van der Waals surface area contributed by atoms with Gasteiger partial charge in [-0.15, -0.1) is 0 Å². The molecule has 0 bridgehead atoms. The van der Waals surface area contributed by atoms with E-state index in [-0.39, 0.29) is 42.6 Å². The summed E-state index contributed by atoms with van der Waals surface area (Å²) in [5.41, 5.74) is 0.801. The zero-order valence-corrected chi connectivity index (χ0v) is 24.1. The van der Waals surface area contributed by atoms with Gasteiger partial charge in [-0.25, -0.2) is 8.42 Å². The van der Waals surface area contributed by atoms with E-state index in [1.54, 1.807) is 43.3 Å². The van der Waals surface area contributed by atoms with Crippen molar-refractivity contribution < 1.29 is 18.0 Å². The molecule has 2 amide bonds. The molecule has 0 aliphatic carbocycles. The Morgan fingerprint density at radius 3 is 2.39 bits per heavy atom. The average molecular weight is 577 g/mol. The van der Waals surface area contributed by atoms with E-state index >= 15 is 0 Å². The van der Waals surface area contributed by atoms with Crippen LogP contribution in [0.1, 0.15) is 46.1 Å². The minimum atomic E-state index is -3.71. The van der Waals surface area contributed by atoms with Crippen LogP contribution in [0.4, 0.5) is 5.69 Å². The van der Waals surface area contributed by atoms with E-state index in [1.807, 2.05) is 39.0 Å². The molecule has 3 aromatic carbocycles. The van der Waals surface area contributed by atoms with Crippen LogP contribution in [0.2, 0.25) is 10.0 Å². The van der Waals surface area contributed by atoms with E-state index < -0.39 is 21.6 Å². The van der Waals surface area contributed by atoms with Crippen LogP contribution in [-0.2, 0) is 26.2 Å². The summed E-state index contributed by atoms with van der Waals surface area (Å²) < 4.78 is 27.9. The van der Waals surface area contributed by atoms with E-state index in [4.69, 9.17) is 23.2 Å². The Morgan fingerprint density at radius 2 is 1.74 bits per heavy atom. The number of rotatable bonds is 8. The molecule has 1 aliphatic rings. The molecule has 1 N–H and O–H groups in total. The van der Waals surface area contributed by atoms with Crippen LogP contribution in [0.15, 0.2) is 59.5 Å². The third kappa shape index (κ3) is 5.77. The largest absolute Gasteiger partial charge is 0.350 e. The summed E-state index contributed by atoms with van der Waals surface area (Å²) in [7, 11) is -3.71. The molecule has 202 valence electrons. The summed E-state index contributed by atoms with van der Waals surface area (Å²) in [6.07, 6.45) is 0.331. The van der Waals surface area contributed by atoms with Gasteiger partial charge in [0.05, 0.1) is 10.6 Å². The number of amides is 2. The Morgan fingerprint density at radius 1 is 1.05 bits per heavy atom. The second-order valence-corrected chi connectivity index (χ2v) is 13.2. The van der Waals surface area contributed by atoms with Crippen LogP contribution in [0.5, 0.6) is 0 Å². The van der Waals surface area contributed by atoms with Crippen LogP contribution >= 0.6 is 23.2 Å². The molecule has 4 rings (SSSR count). The quantitative estimate of drug-likeness (QED) is 0.369. The fourth-order valence-electron chi connectivity index (χ4n) is 4.61. The van der Waals surface area contributed by atoms with Crippen molar-refractivity contribution in [1.82, 2.24) is 10.2 Å². The Hall–Kier alpha value is -2.81. The van der Waals surface area contributed by atoms with Gasteiger partial charge in [-0.1, -0.05) is 53.5 Å². The molecular weight excluding hydrogens is 545 g/mol. The lowest BCUT2D eigenvalue weighted by Gasteiger charge is -2.32. The van der Waals surface area contributed by atoms with E-state index in [9.17, 15) is 18.0 Å². The van der Waals surface area contributed by atoms with Gasteiger partial charge in [-0.2, -0.15) is 0 Å². The van der Waals surface area contributed by atoms with Gasteiger partial charge in [0, 0.05) is 40.5 Å². The molecule has 0 fully saturated rings. The summed E-state index contributed by atoms with van der Waals surface area (Å²) >= 11 is 12.4. The standard InChI is InChI=1S/C28H31Cl2N3O4S/c1-18(27(35)31-28(2,3)4)32(17-20-13-14-21(29)16-22(20)30)25(34)12-7-15-33-23-10-5-8-19-9-6-11-24(26(19)23)38(33,36)37/h5-6,8-11,13-14,16,18H,7,12,15,17H2,1-4H3,(H,31,35)/t18-/m1/s1. The predicted octanol–water partition coefficient (Wildman–Crippen LogP) is 5.77. The lowest BCUT2D eigenvalue weighted by molar-refractivity contribution is -0.141. The molecule has 0 radical (unpaired) electrons. The summed E-state index contributed by atoms with van der Waals surface area (Å²) in [5, 5.41) is 5.34. The second-order valence-electron chi connectivity index (χ2n) is 10.5. The van der Waals surface area contributed by atoms with E-state index in [2.05, 4.69) is 5.32 Å². The van der Waals surface area contributed by atoms with Crippen molar-refractivity contribution in [2.45, 2.75) is 63.6 Å².